The molecule has 0 radical (unpaired) electrons. The van der Waals surface area contributed by atoms with Crippen molar-refractivity contribution in [2.45, 2.75) is 20.3 Å². The summed E-state index contributed by atoms with van der Waals surface area (Å²) in [5.41, 5.74) is 5.57. The van der Waals surface area contributed by atoms with Gasteiger partial charge >= 0.3 is 0 Å². The molecule has 0 saturated carbocycles. The van der Waals surface area contributed by atoms with Crippen LogP contribution in [0, 0.1) is 13.8 Å². The lowest BCUT2D eigenvalue weighted by Gasteiger charge is -2.09. The fourth-order valence-electron chi connectivity index (χ4n) is 3.29. The highest BCUT2D eigenvalue weighted by atomic mass is 16.1. The molecule has 140 valence electrons. The average Bonchev–Trinajstić information content (AvgIpc) is 3.17. The lowest BCUT2D eigenvalue weighted by atomic mass is 10.0. The molecule has 2 aromatic heterocycles. The van der Waals surface area contributed by atoms with Gasteiger partial charge in [-0.15, -0.1) is 0 Å². The van der Waals surface area contributed by atoms with Gasteiger partial charge in [-0.25, -0.2) is 4.68 Å². The summed E-state index contributed by atoms with van der Waals surface area (Å²) in [6, 6.07) is 17.8. The Morgan fingerprint density at radius 2 is 1.89 bits per heavy atom. The van der Waals surface area contributed by atoms with Crippen LogP contribution in [0.2, 0.25) is 0 Å². The minimum Gasteiger partial charge on any atom is -0.352 e. The maximum atomic E-state index is 12.8. The lowest BCUT2D eigenvalue weighted by molar-refractivity contribution is 0.0955. The van der Waals surface area contributed by atoms with Crippen molar-refractivity contribution in [3.05, 3.63) is 89.4 Å². The van der Waals surface area contributed by atoms with E-state index in [1.165, 1.54) is 0 Å². The third-order valence-corrected chi connectivity index (χ3v) is 4.69. The van der Waals surface area contributed by atoms with Crippen LogP contribution in [-0.4, -0.2) is 27.2 Å². The normalized spacial score (nSPS) is 10.9. The Kier molecular flexibility index (Phi) is 4.89. The van der Waals surface area contributed by atoms with Crippen LogP contribution in [0.1, 0.15) is 27.2 Å². The molecule has 0 aliphatic rings. The molecular weight excluding hydrogens is 348 g/mol. The number of fused-ring (bicyclic) bond motifs is 1. The fourth-order valence-corrected chi connectivity index (χ4v) is 3.29. The van der Waals surface area contributed by atoms with E-state index in [1.54, 1.807) is 0 Å². The van der Waals surface area contributed by atoms with E-state index in [0.717, 1.165) is 39.8 Å². The van der Waals surface area contributed by atoms with E-state index in [1.807, 2.05) is 85.5 Å². The topological polar surface area (TPSA) is 59.8 Å². The van der Waals surface area contributed by atoms with Crippen LogP contribution >= 0.6 is 0 Å². The van der Waals surface area contributed by atoms with Crippen molar-refractivity contribution in [1.82, 2.24) is 20.1 Å². The minimum atomic E-state index is -0.0726. The largest absolute Gasteiger partial charge is 0.352 e. The van der Waals surface area contributed by atoms with E-state index in [4.69, 9.17) is 0 Å². The number of carbonyl (C=O) groups is 1. The zero-order valence-corrected chi connectivity index (χ0v) is 16.0. The van der Waals surface area contributed by atoms with E-state index in [2.05, 4.69) is 15.4 Å². The number of aromatic nitrogens is 3. The van der Waals surface area contributed by atoms with Gasteiger partial charge in [-0.1, -0.05) is 29.8 Å². The van der Waals surface area contributed by atoms with Crippen molar-refractivity contribution in [3.8, 4) is 5.69 Å². The molecule has 0 aliphatic carbocycles. The number of pyridine rings is 1. The summed E-state index contributed by atoms with van der Waals surface area (Å²) in [7, 11) is 0. The molecule has 0 unspecified atom stereocenters. The highest BCUT2D eigenvalue weighted by Gasteiger charge is 2.12. The second kappa shape index (κ2) is 7.64. The van der Waals surface area contributed by atoms with Crippen LogP contribution in [0.3, 0.4) is 0 Å². The second-order valence-corrected chi connectivity index (χ2v) is 6.97. The molecule has 0 fully saturated rings. The van der Waals surface area contributed by atoms with Crippen molar-refractivity contribution in [1.29, 1.82) is 0 Å². The zero-order valence-electron chi connectivity index (χ0n) is 16.0. The molecule has 2 aromatic carbocycles. The maximum Gasteiger partial charge on any atom is 0.252 e. The smallest absolute Gasteiger partial charge is 0.252 e. The maximum absolute atomic E-state index is 12.8. The Labute approximate surface area is 164 Å². The van der Waals surface area contributed by atoms with Crippen LogP contribution in [-0.2, 0) is 6.42 Å². The van der Waals surface area contributed by atoms with Crippen molar-refractivity contribution < 1.29 is 4.79 Å². The highest BCUT2D eigenvalue weighted by Crippen LogP contribution is 2.20. The van der Waals surface area contributed by atoms with E-state index < -0.39 is 0 Å². The molecule has 0 spiro atoms. The van der Waals surface area contributed by atoms with Crippen molar-refractivity contribution >= 4 is 16.8 Å². The van der Waals surface area contributed by atoms with E-state index in [0.29, 0.717) is 12.1 Å². The average molecular weight is 370 g/mol. The van der Waals surface area contributed by atoms with Gasteiger partial charge in [-0.2, -0.15) is 5.10 Å². The number of para-hydroxylation sites is 1. The molecule has 4 aromatic rings. The van der Waals surface area contributed by atoms with Crippen LogP contribution < -0.4 is 5.32 Å². The van der Waals surface area contributed by atoms with Gasteiger partial charge in [0.25, 0.3) is 5.91 Å². The summed E-state index contributed by atoms with van der Waals surface area (Å²) >= 11 is 0. The van der Waals surface area contributed by atoms with Crippen LogP contribution in [0.25, 0.3) is 16.6 Å². The SMILES string of the molecule is Cc1ccc2nc(C)cc(C(=O)NCCc3cnn(-c4ccccc4)c3)c2c1. The number of benzene rings is 2. The molecule has 5 heteroatoms. The number of amides is 1. The molecule has 0 atom stereocenters. The summed E-state index contributed by atoms with van der Waals surface area (Å²) in [6.45, 7) is 4.48. The number of nitrogens with one attached hydrogen (secondary N) is 1. The van der Waals surface area contributed by atoms with Gasteiger partial charge in [0.15, 0.2) is 0 Å². The van der Waals surface area contributed by atoms with Gasteiger partial charge in [-0.05, 0) is 56.2 Å². The molecule has 28 heavy (non-hydrogen) atoms. The van der Waals surface area contributed by atoms with Crippen LogP contribution in [0.4, 0.5) is 0 Å². The van der Waals surface area contributed by atoms with Gasteiger partial charge in [0, 0.05) is 23.8 Å². The standard InChI is InChI=1S/C23H22N4O/c1-16-8-9-22-20(12-16)21(13-17(2)26-22)23(28)24-11-10-18-14-25-27(15-18)19-6-4-3-5-7-19/h3-9,12-15H,10-11H2,1-2H3,(H,24,28). The summed E-state index contributed by atoms with van der Waals surface area (Å²) in [5, 5.41) is 8.32. The number of carbonyl (C=O) groups excluding carboxylic acids is 1. The first-order valence-corrected chi connectivity index (χ1v) is 9.35. The molecule has 1 N–H and O–H groups in total. The summed E-state index contributed by atoms with van der Waals surface area (Å²) in [6.07, 6.45) is 4.56. The Morgan fingerprint density at radius 3 is 2.71 bits per heavy atom. The van der Waals surface area contributed by atoms with Gasteiger partial charge in [0.05, 0.1) is 23.0 Å². The first-order chi connectivity index (χ1) is 13.6. The van der Waals surface area contributed by atoms with Crippen LogP contribution in [0.5, 0.6) is 0 Å². The molecule has 5 nitrogen and oxygen atoms in total. The zero-order chi connectivity index (χ0) is 19.5. The number of hydrogen-bond acceptors (Lipinski definition) is 3. The Morgan fingerprint density at radius 1 is 1.07 bits per heavy atom. The van der Waals surface area contributed by atoms with Crippen molar-refractivity contribution in [2.75, 3.05) is 6.54 Å². The predicted octanol–water partition coefficient (Wildman–Crippen LogP) is 4.01. The summed E-state index contributed by atoms with van der Waals surface area (Å²) in [5.74, 6) is -0.0726. The molecular formula is C23H22N4O. The van der Waals surface area contributed by atoms with E-state index >= 15 is 0 Å². The lowest BCUT2D eigenvalue weighted by Crippen LogP contribution is -2.26. The Balaban J connectivity index is 1.45. The second-order valence-electron chi connectivity index (χ2n) is 6.97. The van der Waals surface area contributed by atoms with Crippen LogP contribution in [0.15, 0.2) is 67.0 Å². The highest BCUT2D eigenvalue weighted by molar-refractivity contribution is 6.06. The number of hydrogen-bond donors (Lipinski definition) is 1. The van der Waals surface area contributed by atoms with E-state index in [9.17, 15) is 4.79 Å². The monoisotopic (exact) mass is 370 g/mol. The number of nitrogens with zero attached hydrogens (tertiary/aromatic N) is 3. The first-order valence-electron chi connectivity index (χ1n) is 9.35. The molecule has 1 amide bonds. The minimum absolute atomic E-state index is 0.0726. The Bertz CT molecular complexity index is 1130. The quantitative estimate of drug-likeness (QED) is 0.577. The third kappa shape index (κ3) is 3.78. The van der Waals surface area contributed by atoms with Crippen molar-refractivity contribution in [2.24, 2.45) is 0 Å². The van der Waals surface area contributed by atoms with E-state index in [-0.39, 0.29) is 5.91 Å². The summed E-state index contributed by atoms with van der Waals surface area (Å²) < 4.78 is 1.85. The number of aryl methyl sites for hydroxylation is 2. The van der Waals surface area contributed by atoms with Gasteiger partial charge in [0.2, 0.25) is 0 Å². The summed E-state index contributed by atoms with van der Waals surface area (Å²) in [4.78, 5) is 17.3. The van der Waals surface area contributed by atoms with Gasteiger partial charge < -0.3 is 5.32 Å². The Hall–Kier alpha value is -3.47. The molecule has 0 bridgehead atoms. The number of rotatable bonds is 5. The van der Waals surface area contributed by atoms with Gasteiger partial charge in [0.1, 0.15) is 0 Å². The first kappa shape index (κ1) is 17.9. The third-order valence-electron chi connectivity index (χ3n) is 4.69. The molecule has 2 heterocycles. The fraction of sp³-hybridized carbons (Fsp3) is 0.174. The van der Waals surface area contributed by atoms with Gasteiger partial charge in [-0.3, -0.25) is 9.78 Å². The predicted molar refractivity (Wildman–Crippen MR) is 111 cm³/mol. The van der Waals surface area contributed by atoms with Crippen molar-refractivity contribution in [3.63, 3.8) is 0 Å². The molecule has 0 aliphatic heterocycles. The molecule has 0 saturated heterocycles. The molecule has 4 rings (SSSR count).